The van der Waals surface area contributed by atoms with Gasteiger partial charge >= 0.3 is 5.69 Å². The van der Waals surface area contributed by atoms with E-state index in [1.165, 1.54) is 15.9 Å². The molecule has 0 unspecified atom stereocenters. The van der Waals surface area contributed by atoms with E-state index in [9.17, 15) is 14.4 Å². The number of H-pyrrole nitrogens is 1. The van der Waals surface area contributed by atoms with E-state index in [0.717, 1.165) is 21.7 Å². The number of hydrogen-bond acceptors (Lipinski definition) is 5. The molecule has 1 aromatic carbocycles. The molecular weight excluding hydrogens is 388 g/mol. The fourth-order valence-electron chi connectivity index (χ4n) is 3.81. The van der Waals surface area contributed by atoms with Crippen LogP contribution in [0.5, 0.6) is 0 Å². The van der Waals surface area contributed by atoms with Crippen LogP contribution in [0.2, 0.25) is 0 Å². The monoisotopic (exact) mass is 412 g/mol. The van der Waals surface area contributed by atoms with Crippen molar-refractivity contribution in [2.75, 3.05) is 25.5 Å². The maximum Gasteiger partial charge on any atom is 0.329 e. The molecule has 0 fully saturated rings. The highest BCUT2D eigenvalue weighted by Crippen LogP contribution is 2.32. The molecule has 0 saturated carbocycles. The van der Waals surface area contributed by atoms with Gasteiger partial charge in [-0.05, 0) is 36.6 Å². The Labute approximate surface area is 172 Å². The first-order chi connectivity index (χ1) is 13.9. The van der Waals surface area contributed by atoms with Crippen LogP contribution in [0.3, 0.4) is 0 Å². The van der Waals surface area contributed by atoms with E-state index in [0.29, 0.717) is 42.7 Å². The van der Waals surface area contributed by atoms with Crippen molar-refractivity contribution in [1.82, 2.24) is 14.5 Å². The van der Waals surface area contributed by atoms with E-state index in [4.69, 9.17) is 0 Å². The van der Waals surface area contributed by atoms with Crippen LogP contribution in [-0.4, -0.2) is 41.0 Å². The van der Waals surface area contributed by atoms with Crippen molar-refractivity contribution >= 4 is 33.1 Å². The lowest BCUT2D eigenvalue weighted by molar-refractivity contribution is -0.131. The minimum absolute atomic E-state index is 0.0742. The van der Waals surface area contributed by atoms with Crippen LogP contribution in [0.4, 0.5) is 5.69 Å². The number of carbonyl (C=O) groups is 1. The number of anilines is 1. The number of nitrogens with zero attached hydrogens (tertiary/aromatic N) is 3. The zero-order valence-electron chi connectivity index (χ0n) is 16.8. The Morgan fingerprint density at radius 3 is 2.59 bits per heavy atom. The molecule has 1 N–H and O–H groups in total. The molecule has 29 heavy (non-hydrogen) atoms. The molecule has 2 aromatic heterocycles. The first-order valence-corrected chi connectivity index (χ1v) is 10.5. The maximum absolute atomic E-state index is 12.8. The molecule has 0 radical (unpaired) electrons. The summed E-state index contributed by atoms with van der Waals surface area (Å²) >= 11 is 1.41. The highest BCUT2D eigenvalue weighted by molar-refractivity contribution is 7.18. The third-order valence-electron chi connectivity index (χ3n) is 5.46. The zero-order chi connectivity index (χ0) is 20.7. The average molecular weight is 413 g/mol. The number of amides is 1. The van der Waals surface area contributed by atoms with Crippen molar-refractivity contribution in [3.8, 4) is 0 Å². The molecule has 152 valence electrons. The standard InChI is InChI=1S/C21H24N4O3S/c1-4-25-20(27)18-15-9-10-24(12-16(15)29-19(18)22-21(25)28)17(26)11-13-5-7-14(8-6-13)23(2)3/h5-8H,4,9-12H2,1-3H3,(H,22,28). The Bertz CT molecular complexity index is 1190. The lowest BCUT2D eigenvalue weighted by Crippen LogP contribution is -2.37. The summed E-state index contributed by atoms with van der Waals surface area (Å²) in [6.07, 6.45) is 0.985. The van der Waals surface area contributed by atoms with Gasteiger partial charge in [0, 0.05) is 37.7 Å². The van der Waals surface area contributed by atoms with Gasteiger partial charge in [-0.3, -0.25) is 19.1 Å². The van der Waals surface area contributed by atoms with Gasteiger partial charge in [-0.1, -0.05) is 12.1 Å². The number of fused-ring (bicyclic) bond motifs is 3. The van der Waals surface area contributed by atoms with E-state index in [-0.39, 0.29) is 17.2 Å². The molecule has 0 saturated heterocycles. The van der Waals surface area contributed by atoms with Crippen LogP contribution in [0, 0.1) is 0 Å². The lowest BCUT2D eigenvalue weighted by atomic mass is 10.0. The SMILES string of the molecule is CCn1c(=O)[nH]c2sc3c(c2c1=O)CCN(C(=O)Cc1ccc(N(C)C)cc1)C3. The van der Waals surface area contributed by atoms with Crippen molar-refractivity contribution in [1.29, 1.82) is 0 Å². The van der Waals surface area contributed by atoms with Crippen LogP contribution in [-0.2, 0) is 30.7 Å². The maximum atomic E-state index is 12.8. The fourth-order valence-corrected chi connectivity index (χ4v) is 5.05. The van der Waals surface area contributed by atoms with E-state index in [2.05, 4.69) is 4.98 Å². The molecule has 0 spiro atoms. The number of aromatic nitrogens is 2. The third-order valence-corrected chi connectivity index (χ3v) is 6.59. The zero-order valence-corrected chi connectivity index (χ0v) is 17.6. The summed E-state index contributed by atoms with van der Waals surface area (Å²) in [6, 6.07) is 8.00. The van der Waals surface area contributed by atoms with E-state index in [1.807, 2.05) is 48.2 Å². The molecule has 0 aliphatic carbocycles. The minimum Gasteiger partial charge on any atom is -0.378 e. The normalized spacial score (nSPS) is 13.6. The fraction of sp³-hybridized carbons (Fsp3) is 0.381. The topological polar surface area (TPSA) is 78.4 Å². The van der Waals surface area contributed by atoms with E-state index < -0.39 is 0 Å². The molecule has 7 nitrogen and oxygen atoms in total. The summed E-state index contributed by atoms with van der Waals surface area (Å²) in [4.78, 5) is 45.9. The smallest absolute Gasteiger partial charge is 0.329 e. The molecule has 3 heterocycles. The predicted molar refractivity (Wildman–Crippen MR) is 116 cm³/mol. The first kappa shape index (κ1) is 19.4. The molecule has 0 bridgehead atoms. The van der Waals surface area contributed by atoms with Gasteiger partial charge in [0.05, 0.1) is 18.4 Å². The summed E-state index contributed by atoms with van der Waals surface area (Å²) in [7, 11) is 3.97. The average Bonchev–Trinajstić information content (AvgIpc) is 3.06. The third kappa shape index (κ3) is 3.48. The number of carbonyl (C=O) groups excluding carboxylic acids is 1. The van der Waals surface area contributed by atoms with Crippen molar-refractivity contribution in [3.05, 3.63) is 61.1 Å². The summed E-state index contributed by atoms with van der Waals surface area (Å²) in [5.74, 6) is 0.0742. The van der Waals surface area contributed by atoms with Gasteiger partial charge in [0.15, 0.2) is 0 Å². The first-order valence-electron chi connectivity index (χ1n) is 9.70. The summed E-state index contributed by atoms with van der Waals surface area (Å²) in [6.45, 7) is 3.19. The van der Waals surface area contributed by atoms with E-state index >= 15 is 0 Å². The van der Waals surface area contributed by atoms with Crippen molar-refractivity contribution < 1.29 is 4.79 Å². The molecule has 1 aliphatic rings. The van der Waals surface area contributed by atoms with Gasteiger partial charge in [0.25, 0.3) is 5.56 Å². The Kier molecular flexibility index (Phi) is 5.04. The lowest BCUT2D eigenvalue weighted by Gasteiger charge is -2.27. The molecular formula is C21H24N4O3S. The molecule has 4 rings (SSSR count). The highest BCUT2D eigenvalue weighted by Gasteiger charge is 2.26. The van der Waals surface area contributed by atoms with Crippen LogP contribution in [0.15, 0.2) is 33.9 Å². The van der Waals surface area contributed by atoms with Crippen molar-refractivity contribution in [2.45, 2.75) is 32.9 Å². The van der Waals surface area contributed by atoms with Crippen LogP contribution in [0.25, 0.3) is 10.2 Å². The molecule has 0 atom stereocenters. The number of rotatable bonds is 4. The minimum atomic E-state index is -0.377. The van der Waals surface area contributed by atoms with Crippen LogP contribution in [0.1, 0.15) is 22.9 Å². The van der Waals surface area contributed by atoms with E-state index in [1.54, 1.807) is 6.92 Å². The number of thiophene rings is 1. The van der Waals surface area contributed by atoms with Gasteiger partial charge < -0.3 is 9.80 Å². The molecule has 8 heteroatoms. The summed E-state index contributed by atoms with van der Waals surface area (Å²) in [5.41, 5.74) is 2.45. The Morgan fingerprint density at radius 2 is 1.93 bits per heavy atom. The second kappa shape index (κ2) is 7.51. The van der Waals surface area contributed by atoms with Crippen LogP contribution >= 0.6 is 11.3 Å². The van der Waals surface area contributed by atoms with Crippen molar-refractivity contribution in [3.63, 3.8) is 0 Å². The molecule has 3 aromatic rings. The number of aromatic amines is 1. The Hall–Kier alpha value is -2.87. The van der Waals surface area contributed by atoms with Gasteiger partial charge in [-0.25, -0.2) is 4.79 Å². The van der Waals surface area contributed by atoms with Gasteiger partial charge in [-0.15, -0.1) is 11.3 Å². The second-order valence-electron chi connectivity index (χ2n) is 7.49. The number of nitrogens with one attached hydrogen (secondary N) is 1. The molecule has 1 amide bonds. The van der Waals surface area contributed by atoms with Gasteiger partial charge in [0.2, 0.25) is 5.91 Å². The highest BCUT2D eigenvalue weighted by atomic mass is 32.1. The van der Waals surface area contributed by atoms with Gasteiger partial charge in [0.1, 0.15) is 4.83 Å². The largest absolute Gasteiger partial charge is 0.378 e. The van der Waals surface area contributed by atoms with Crippen molar-refractivity contribution in [2.24, 2.45) is 0 Å². The van der Waals surface area contributed by atoms with Crippen LogP contribution < -0.4 is 16.1 Å². The van der Waals surface area contributed by atoms with Gasteiger partial charge in [-0.2, -0.15) is 0 Å². The molecule has 1 aliphatic heterocycles. The summed E-state index contributed by atoms with van der Waals surface area (Å²) in [5, 5.41) is 0.609. The number of hydrogen-bond donors (Lipinski definition) is 1. The Balaban J connectivity index is 1.57. The Morgan fingerprint density at radius 1 is 1.21 bits per heavy atom. The summed E-state index contributed by atoms with van der Waals surface area (Å²) < 4.78 is 1.23. The quantitative estimate of drug-likeness (QED) is 0.711. The predicted octanol–water partition coefficient (Wildman–Crippen LogP) is 1.96. The second-order valence-corrected chi connectivity index (χ2v) is 8.60. The number of benzene rings is 1.